The second-order valence-corrected chi connectivity index (χ2v) is 2.39. The molecule has 1 aliphatic carbocycles. The number of carbonyl (C=O) groups excluding carboxylic acids is 1. The summed E-state index contributed by atoms with van der Waals surface area (Å²) in [6.45, 7) is 0. The molecule has 1 fully saturated rings. The summed E-state index contributed by atoms with van der Waals surface area (Å²) in [6.07, 6.45) is 1.84. The molecular formula is C6H10FNO. The molecule has 1 rings (SSSR count). The Balaban J connectivity index is 2.21. The van der Waals surface area contributed by atoms with Gasteiger partial charge in [-0.3, -0.25) is 4.79 Å². The number of hydrogen-bond acceptors (Lipinski definition) is 1. The van der Waals surface area contributed by atoms with Crippen LogP contribution in [0.15, 0.2) is 0 Å². The SMILES string of the molecule is O=CNC1CCC(F)C1. The zero-order valence-electron chi connectivity index (χ0n) is 5.14. The molecule has 1 amide bonds. The number of alkyl halides is 1. The molecule has 0 aromatic carbocycles. The summed E-state index contributed by atoms with van der Waals surface area (Å²) in [5, 5.41) is 2.55. The van der Waals surface area contributed by atoms with Gasteiger partial charge in [0, 0.05) is 6.04 Å². The quantitative estimate of drug-likeness (QED) is 0.547. The summed E-state index contributed by atoms with van der Waals surface area (Å²) in [7, 11) is 0. The molecule has 52 valence electrons. The van der Waals surface area contributed by atoms with Crippen LogP contribution in [0.2, 0.25) is 0 Å². The van der Waals surface area contributed by atoms with Crippen LogP contribution < -0.4 is 5.32 Å². The summed E-state index contributed by atoms with van der Waals surface area (Å²) in [4.78, 5) is 9.83. The highest BCUT2D eigenvalue weighted by molar-refractivity contribution is 5.46. The van der Waals surface area contributed by atoms with Crippen LogP contribution in [-0.2, 0) is 4.79 Å². The minimum atomic E-state index is -0.692. The van der Waals surface area contributed by atoms with Gasteiger partial charge in [-0.1, -0.05) is 0 Å². The number of carbonyl (C=O) groups is 1. The number of hydrogen-bond donors (Lipinski definition) is 1. The van der Waals surface area contributed by atoms with Crippen LogP contribution in [0, 0.1) is 0 Å². The Hall–Kier alpha value is -0.600. The van der Waals surface area contributed by atoms with Gasteiger partial charge in [0.25, 0.3) is 0 Å². The van der Waals surface area contributed by atoms with Gasteiger partial charge in [0.15, 0.2) is 0 Å². The van der Waals surface area contributed by atoms with Gasteiger partial charge >= 0.3 is 0 Å². The molecule has 1 saturated carbocycles. The second kappa shape index (κ2) is 2.80. The smallest absolute Gasteiger partial charge is 0.207 e. The van der Waals surface area contributed by atoms with E-state index in [1.165, 1.54) is 0 Å². The van der Waals surface area contributed by atoms with Gasteiger partial charge in [-0.2, -0.15) is 0 Å². The van der Waals surface area contributed by atoms with Crippen molar-refractivity contribution >= 4 is 6.41 Å². The minimum absolute atomic E-state index is 0.0949. The van der Waals surface area contributed by atoms with E-state index >= 15 is 0 Å². The molecule has 0 saturated heterocycles. The molecule has 3 heteroatoms. The Morgan fingerprint density at radius 2 is 2.33 bits per heavy atom. The fraction of sp³-hybridized carbons (Fsp3) is 0.833. The maximum atomic E-state index is 12.3. The zero-order chi connectivity index (χ0) is 6.69. The average molecular weight is 131 g/mol. The van der Waals surface area contributed by atoms with Crippen molar-refractivity contribution in [3.8, 4) is 0 Å². The number of amides is 1. The predicted molar refractivity (Wildman–Crippen MR) is 31.7 cm³/mol. The average Bonchev–Trinajstić information content (AvgIpc) is 2.17. The van der Waals surface area contributed by atoms with E-state index in [9.17, 15) is 9.18 Å². The van der Waals surface area contributed by atoms with Gasteiger partial charge < -0.3 is 5.32 Å². The maximum Gasteiger partial charge on any atom is 0.207 e. The summed E-state index contributed by atoms with van der Waals surface area (Å²) in [5.74, 6) is 0. The Morgan fingerprint density at radius 1 is 1.56 bits per heavy atom. The molecule has 0 heterocycles. The molecule has 0 aromatic rings. The molecule has 2 atom stereocenters. The lowest BCUT2D eigenvalue weighted by molar-refractivity contribution is -0.110. The van der Waals surface area contributed by atoms with Gasteiger partial charge in [0.1, 0.15) is 6.17 Å². The first kappa shape index (κ1) is 6.52. The lowest BCUT2D eigenvalue weighted by atomic mass is 10.3. The van der Waals surface area contributed by atoms with Crippen molar-refractivity contribution in [2.45, 2.75) is 31.5 Å². The third kappa shape index (κ3) is 1.66. The van der Waals surface area contributed by atoms with Gasteiger partial charge in [-0.15, -0.1) is 0 Å². The lowest BCUT2D eigenvalue weighted by Gasteiger charge is -2.04. The van der Waals surface area contributed by atoms with E-state index in [2.05, 4.69) is 5.32 Å². The topological polar surface area (TPSA) is 29.1 Å². The number of nitrogens with one attached hydrogen (secondary N) is 1. The summed E-state index contributed by atoms with van der Waals surface area (Å²) in [5.41, 5.74) is 0. The number of halogens is 1. The first-order valence-corrected chi connectivity index (χ1v) is 3.16. The normalized spacial score (nSPS) is 34.3. The largest absolute Gasteiger partial charge is 0.356 e. The van der Waals surface area contributed by atoms with Crippen LogP contribution in [-0.4, -0.2) is 18.6 Å². The molecule has 9 heavy (non-hydrogen) atoms. The van der Waals surface area contributed by atoms with Gasteiger partial charge in [0.2, 0.25) is 6.41 Å². The van der Waals surface area contributed by atoms with Crippen LogP contribution >= 0.6 is 0 Å². The van der Waals surface area contributed by atoms with E-state index in [-0.39, 0.29) is 6.04 Å². The van der Waals surface area contributed by atoms with Crippen LogP contribution in [0.1, 0.15) is 19.3 Å². The molecule has 0 aromatic heterocycles. The molecular weight excluding hydrogens is 121 g/mol. The molecule has 0 aliphatic heterocycles. The van der Waals surface area contributed by atoms with Crippen LogP contribution in [0.25, 0.3) is 0 Å². The van der Waals surface area contributed by atoms with Crippen LogP contribution in [0.4, 0.5) is 4.39 Å². The summed E-state index contributed by atoms with van der Waals surface area (Å²) < 4.78 is 12.3. The molecule has 1 aliphatic rings. The maximum absolute atomic E-state index is 12.3. The molecule has 2 nitrogen and oxygen atoms in total. The van der Waals surface area contributed by atoms with Crippen molar-refractivity contribution in [2.24, 2.45) is 0 Å². The van der Waals surface area contributed by atoms with Gasteiger partial charge in [0.05, 0.1) is 0 Å². The second-order valence-electron chi connectivity index (χ2n) is 2.39. The Labute approximate surface area is 53.4 Å². The monoisotopic (exact) mass is 131 g/mol. The van der Waals surface area contributed by atoms with Crippen molar-refractivity contribution in [2.75, 3.05) is 0 Å². The fourth-order valence-corrected chi connectivity index (χ4v) is 1.17. The minimum Gasteiger partial charge on any atom is -0.356 e. The summed E-state index contributed by atoms with van der Waals surface area (Å²) in [6, 6.07) is 0.0949. The first-order valence-electron chi connectivity index (χ1n) is 3.16. The van der Waals surface area contributed by atoms with E-state index in [0.717, 1.165) is 6.42 Å². The Morgan fingerprint density at radius 3 is 2.78 bits per heavy atom. The van der Waals surface area contributed by atoms with E-state index < -0.39 is 6.17 Å². The Bertz CT molecular complexity index is 107. The highest BCUT2D eigenvalue weighted by Gasteiger charge is 2.22. The van der Waals surface area contributed by atoms with E-state index in [0.29, 0.717) is 19.3 Å². The van der Waals surface area contributed by atoms with Crippen LogP contribution in [0.3, 0.4) is 0 Å². The highest BCUT2D eigenvalue weighted by atomic mass is 19.1. The molecule has 0 bridgehead atoms. The van der Waals surface area contributed by atoms with Crippen molar-refractivity contribution in [1.82, 2.24) is 5.32 Å². The molecule has 0 spiro atoms. The van der Waals surface area contributed by atoms with Crippen LogP contribution in [0.5, 0.6) is 0 Å². The highest BCUT2D eigenvalue weighted by Crippen LogP contribution is 2.20. The molecule has 1 N–H and O–H groups in total. The van der Waals surface area contributed by atoms with Crippen molar-refractivity contribution in [1.29, 1.82) is 0 Å². The van der Waals surface area contributed by atoms with E-state index in [1.54, 1.807) is 0 Å². The third-order valence-electron chi connectivity index (χ3n) is 1.67. The van der Waals surface area contributed by atoms with Crippen molar-refractivity contribution < 1.29 is 9.18 Å². The number of rotatable bonds is 2. The van der Waals surface area contributed by atoms with Gasteiger partial charge in [-0.05, 0) is 19.3 Å². The first-order chi connectivity index (χ1) is 4.33. The third-order valence-corrected chi connectivity index (χ3v) is 1.67. The molecule has 2 unspecified atom stereocenters. The Kier molecular flexibility index (Phi) is 2.03. The van der Waals surface area contributed by atoms with Crippen molar-refractivity contribution in [3.63, 3.8) is 0 Å². The summed E-state index contributed by atoms with van der Waals surface area (Å²) >= 11 is 0. The van der Waals surface area contributed by atoms with Gasteiger partial charge in [-0.25, -0.2) is 4.39 Å². The molecule has 0 radical (unpaired) electrons. The lowest BCUT2D eigenvalue weighted by Crippen LogP contribution is -2.24. The van der Waals surface area contributed by atoms with E-state index in [1.807, 2.05) is 0 Å². The van der Waals surface area contributed by atoms with E-state index in [4.69, 9.17) is 0 Å². The zero-order valence-corrected chi connectivity index (χ0v) is 5.14. The predicted octanol–water partition coefficient (Wildman–Crippen LogP) is 0.623. The standard InChI is InChI=1S/C6H10FNO/c7-5-1-2-6(3-5)8-4-9/h4-6H,1-3H2,(H,8,9). The van der Waals surface area contributed by atoms with Crippen molar-refractivity contribution in [3.05, 3.63) is 0 Å². The fourth-order valence-electron chi connectivity index (χ4n) is 1.17.